The molecule has 0 aromatic heterocycles. The number of carbonyl (C=O) groups excluding carboxylic acids is 1. The van der Waals surface area contributed by atoms with Gasteiger partial charge in [0.2, 0.25) is 5.78 Å². The molecule has 2 aromatic rings. The molecule has 0 atom stereocenters. The highest BCUT2D eigenvalue weighted by atomic mass is 32.1. The highest BCUT2D eigenvalue weighted by Crippen LogP contribution is 2.11. The molecule has 0 radical (unpaired) electrons. The van der Waals surface area contributed by atoms with E-state index in [4.69, 9.17) is 12.2 Å². The molecule has 18 heavy (non-hydrogen) atoms. The molecule has 0 heterocycles. The van der Waals surface area contributed by atoms with Crippen LogP contribution < -0.4 is 0 Å². The number of hydrogen-bond acceptors (Lipinski definition) is 2. The number of benzene rings is 2. The maximum Gasteiger partial charge on any atom is 0.204 e. The van der Waals surface area contributed by atoms with Crippen LogP contribution in [0.5, 0.6) is 0 Å². The number of hydrogen-bond donors (Lipinski definition) is 0. The number of rotatable bonds is 3. The molecule has 0 bridgehead atoms. The lowest BCUT2D eigenvalue weighted by Gasteiger charge is -2.04. The lowest BCUT2D eigenvalue weighted by molar-refractivity contribution is 0.106. The van der Waals surface area contributed by atoms with Gasteiger partial charge in [0.05, 0.1) is 4.86 Å². The molecule has 0 N–H and O–H groups in total. The minimum absolute atomic E-state index is 0.0890. The van der Waals surface area contributed by atoms with E-state index in [2.05, 4.69) is 0 Å². The van der Waals surface area contributed by atoms with E-state index < -0.39 is 0 Å². The molecule has 0 fully saturated rings. The molecule has 0 aliphatic heterocycles. The van der Waals surface area contributed by atoms with Crippen molar-refractivity contribution >= 4 is 22.9 Å². The number of aryl methyl sites for hydroxylation is 2. The second-order valence-electron chi connectivity index (χ2n) is 4.39. The summed E-state index contributed by atoms with van der Waals surface area (Å²) in [5, 5.41) is 0. The summed E-state index contributed by atoms with van der Waals surface area (Å²) < 4.78 is 0. The number of Topliss-reactive ketones (excluding diaryl/α,β-unsaturated/α-hetero) is 1. The summed E-state index contributed by atoms with van der Waals surface area (Å²) in [6.07, 6.45) is 0. The fraction of sp³-hybridized carbons (Fsp3) is 0.125. The fourth-order valence-electron chi connectivity index (χ4n) is 1.67. The molecule has 0 amide bonds. The summed E-state index contributed by atoms with van der Waals surface area (Å²) in [7, 11) is 0. The first-order valence-corrected chi connectivity index (χ1v) is 6.21. The average Bonchev–Trinajstić information content (AvgIpc) is 2.39. The van der Waals surface area contributed by atoms with Gasteiger partial charge >= 0.3 is 0 Å². The quantitative estimate of drug-likeness (QED) is 0.610. The minimum atomic E-state index is -0.0890. The molecule has 0 spiro atoms. The summed E-state index contributed by atoms with van der Waals surface area (Å²) >= 11 is 5.25. The van der Waals surface area contributed by atoms with E-state index >= 15 is 0 Å². The van der Waals surface area contributed by atoms with E-state index in [1.807, 2.05) is 62.4 Å². The van der Waals surface area contributed by atoms with Crippen molar-refractivity contribution in [3.8, 4) is 0 Å². The minimum Gasteiger partial charge on any atom is -0.288 e. The van der Waals surface area contributed by atoms with Gasteiger partial charge in [-0.3, -0.25) is 4.79 Å². The van der Waals surface area contributed by atoms with Crippen LogP contribution in [-0.4, -0.2) is 10.6 Å². The van der Waals surface area contributed by atoms with Crippen molar-refractivity contribution in [2.75, 3.05) is 0 Å². The molecule has 2 aromatic carbocycles. The van der Waals surface area contributed by atoms with Crippen molar-refractivity contribution in [2.45, 2.75) is 13.8 Å². The highest BCUT2D eigenvalue weighted by Gasteiger charge is 2.13. The van der Waals surface area contributed by atoms with Gasteiger partial charge in [0, 0.05) is 5.56 Å². The van der Waals surface area contributed by atoms with Crippen molar-refractivity contribution in [1.29, 1.82) is 0 Å². The number of ketones is 1. The molecular weight excluding hydrogens is 240 g/mol. The summed E-state index contributed by atoms with van der Waals surface area (Å²) in [5.41, 5.74) is 3.74. The SMILES string of the molecule is Cc1ccc(C(=O)C(=S)c2ccc(C)cc2)cc1. The normalized spacial score (nSPS) is 10.1. The smallest absolute Gasteiger partial charge is 0.204 e. The third-order valence-electron chi connectivity index (χ3n) is 2.83. The van der Waals surface area contributed by atoms with Crippen LogP contribution in [0.3, 0.4) is 0 Å². The summed E-state index contributed by atoms with van der Waals surface area (Å²) in [6.45, 7) is 4.00. The first-order valence-electron chi connectivity index (χ1n) is 5.80. The monoisotopic (exact) mass is 254 g/mol. The Kier molecular flexibility index (Phi) is 3.68. The fourth-order valence-corrected chi connectivity index (χ4v) is 1.93. The van der Waals surface area contributed by atoms with Crippen molar-refractivity contribution in [3.05, 3.63) is 70.8 Å². The lowest BCUT2D eigenvalue weighted by Crippen LogP contribution is -2.13. The highest BCUT2D eigenvalue weighted by molar-refractivity contribution is 7.82. The third-order valence-corrected chi connectivity index (χ3v) is 3.25. The van der Waals surface area contributed by atoms with Crippen LogP contribution in [0.4, 0.5) is 0 Å². The Hall–Kier alpha value is -1.80. The predicted molar refractivity (Wildman–Crippen MR) is 78.4 cm³/mol. The van der Waals surface area contributed by atoms with E-state index in [1.54, 1.807) is 0 Å². The number of thiocarbonyl (C=S) groups is 1. The van der Waals surface area contributed by atoms with Gasteiger partial charge in [0.25, 0.3) is 0 Å². The summed E-state index contributed by atoms with van der Waals surface area (Å²) in [4.78, 5) is 12.6. The van der Waals surface area contributed by atoms with Gasteiger partial charge in [-0.15, -0.1) is 0 Å². The molecule has 0 aliphatic rings. The zero-order valence-electron chi connectivity index (χ0n) is 10.4. The van der Waals surface area contributed by atoms with E-state index in [0.717, 1.165) is 16.7 Å². The molecule has 90 valence electrons. The topological polar surface area (TPSA) is 17.1 Å². The standard InChI is InChI=1S/C16H14OS/c1-11-3-7-13(8-4-11)15(17)16(18)14-9-5-12(2)6-10-14/h3-10H,1-2H3. The molecule has 0 unspecified atom stereocenters. The zero-order valence-corrected chi connectivity index (χ0v) is 11.3. The van der Waals surface area contributed by atoms with E-state index in [-0.39, 0.29) is 5.78 Å². The Bertz CT molecular complexity index is 524. The summed E-state index contributed by atoms with van der Waals surface area (Å²) in [5.74, 6) is -0.0890. The van der Waals surface area contributed by atoms with Gasteiger partial charge in [-0.25, -0.2) is 0 Å². The maximum atomic E-state index is 12.2. The van der Waals surface area contributed by atoms with Crippen molar-refractivity contribution in [2.24, 2.45) is 0 Å². The third kappa shape index (κ3) is 2.71. The van der Waals surface area contributed by atoms with E-state index in [9.17, 15) is 4.79 Å². The molecule has 0 saturated heterocycles. The van der Waals surface area contributed by atoms with Crippen LogP contribution in [0.2, 0.25) is 0 Å². The number of carbonyl (C=O) groups is 1. The molecule has 0 saturated carbocycles. The van der Waals surface area contributed by atoms with Crippen LogP contribution in [0.1, 0.15) is 27.0 Å². The van der Waals surface area contributed by atoms with Gasteiger partial charge in [0.15, 0.2) is 0 Å². The average molecular weight is 254 g/mol. The van der Waals surface area contributed by atoms with Gasteiger partial charge in [-0.05, 0) is 19.4 Å². The van der Waals surface area contributed by atoms with Gasteiger partial charge < -0.3 is 0 Å². The van der Waals surface area contributed by atoms with Gasteiger partial charge in [-0.1, -0.05) is 71.9 Å². The first-order chi connectivity index (χ1) is 8.58. The Morgan fingerprint density at radius 3 is 1.61 bits per heavy atom. The molecule has 2 heteroatoms. The molecule has 2 rings (SSSR count). The van der Waals surface area contributed by atoms with Crippen molar-refractivity contribution in [3.63, 3.8) is 0 Å². The lowest BCUT2D eigenvalue weighted by atomic mass is 10.0. The predicted octanol–water partition coefficient (Wildman–Crippen LogP) is 3.90. The zero-order chi connectivity index (χ0) is 13.1. The Balaban J connectivity index is 2.26. The summed E-state index contributed by atoms with van der Waals surface area (Å²) in [6, 6.07) is 15.2. The van der Waals surface area contributed by atoms with Crippen LogP contribution in [0.25, 0.3) is 0 Å². The maximum absolute atomic E-state index is 12.2. The van der Waals surface area contributed by atoms with Crippen molar-refractivity contribution < 1.29 is 4.79 Å². The second kappa shape index (κ2) is 5.23. The first kappa shape index (κ1) is 12.7. The van der Waals surface area contributed by atoms with Crippen LogP contribution in [0, 0.1) is 13.8 Å². The van der Waals surface area contributed by atoms with Gasteiger partial charge in [0.1, 0.15) is 0 Å². The Morgan fingerprint density at radius 2 is 1.17 bits per heavy atom. The second-order valence-corrected chi connectivity index (χ2v) is 4.80. The van der Waals surface area contributed by atoms with Crippen LogP contribution in [-0.2, 0) is 0 Å². The Morgan fingerprint density at radius 1 is 0.778 bits per heavy atom. The largest absolute Gasteiger partial charge is 0.288 e. The Labute approximate surface area is 112 Å². The molecule has 1 nitrogen and oxygen atoms in total. The van der Waals surface area contributed by atoms with E-state index in [1.165, 1.54) is 0 Å². The molecule has 0 aliphatic carbocycles. The molecular formula is C16H14OS. The van der Waals surface area contributed by atoms with E-state index in [0.29, 0.717) is 10.4 Å². The van der Waals surface area contributed by atoms with Crippen LogP contribution in [0.15, 0.2) is 48.5 Å². The van der Waals surface area contributed by atoms with Crippen LogP contribution >= 0.6 is 12.2 Å². The van der Waals surface area contributed by atoms with Crippen molar-refractivity contribution in [1.82, 2.24) is 0 Å². The van der Waals surface area contributed by atoms with Gasteiger partial charge in [-0.2, -0.15) is 0 Å².